The SMILES string of the molecule is O=C1ON=C(c2ccccc2)/C1=C/c1ccc(OCc2cccc(Cl)c2)c(Br)c1. The van der Waals surface area contributed by atoms with Gasteiger partial charge in [-0.3, -0.25) is 0 Å². The molecule has 6 heteroatoms. The fourth-order valence-electron chi connectivity index (χ4n) is 2.89. The molecule has 0 N–H and O–H groups in total. The molecule has 3 aromatic carbocycles. The van der Waals surface area contributed by atoms with Crippen molar-refractivity contribution in [2.45, 2.75) is 6.61 Å². The van der Waals surface area contributed by atoms with Crippen LogP contribution >= 0.6 is 27.5 Å². The van der Waals surface area contributed by atoms with Crippen molar-refractivity contribution in [2.75, 3.05) is 0 Å². The second-order valence-electron chi connectivity index (χ2n) is 6.35. The molecule has 0 unspecified atom stereocenters. The molecule has 1 aliphatic rings. The first-order valence-corrected chi connectivity index (χ1v) is 10.0. The van der Waals surface area contributed by atoms with Crippen molar-refractivity contribution in [3.8, 4) is 5.75 Å². The normalized spacial score (nSPS) is 14.6. The lowest BCUT2D eigenvalue weighted by atomic mass is 10.0. The highest BCUT2D eigenvalue weighted by Crippen LogP contribution is 2.29. The zero-order chi connectivity index (χ0) is 20.2. The Balaban J connectivity index is 1.54. The second kappa shape index (κ2) is 8.64. The molecule has 0 aromatic heterocycles. The number of hydrogen-bond donors (Lipinski definition) is 0. The van der Waals surface area contributed by atoms with Crippen molar-refractivity contribution < 1.29 is 14.4 Å². The molecule has 0 aliphatic carbocycles. The van der Waals surface area contributed by atoms with Gasteiger partial charge in [-0.25, -0.2) is 4.79 Å². The summed E-state index contributed by atoms with van der Waals surface area (Å²) < 4.78 is 6.65. The molecule has 4 nitrogen and oxygen atoms in total. The predicted octanol–water partition coefficient (Wildman–Crippen LogP) is 6.03. The summed E-state index contributed by atoms with van der Waals surface area (Å²) in [7, 11) is 0. The lowest BCUT2D eigenvalue weighted by molar-refractivity contribution is -0.136. The summed E-state index contributed by atoms with van der Waals surface area (Å²) in [6.07, 6.45) is 1.76. The third-order valence-electron chi connectivity index (χ3n) is 4.29. The molecule has 1 aliphatic heterocycles. The number of nitrogens with zero attached hydrogens (tertiary/aromatic N) is 1. The molecule has 144 valence electrons. The van der Waals surface area contributed by atoms with E-state index in [-0.39, 0.29) is 0 Å². The summed E-state index contributed by atoms with van der Waals surface area (Å²) in [6, 6.07) is 22.6. The summed E-state index contributed by atoms with van der Waals surface area (Å²) >= 11 is 9.54. The van der Waals surface area contributed by atoms with Gasteiger partial charge in [0.2, 0.25) is 0 Å². The third-order valence-corrected chi connectivity index (χ3v) is 5.15. The van der Waals surface area contributed by atoms with E-state index in [1.165, 1.54) is 0 Å². The number of rotatable bonds is 5. The Hall–Kier alpha value is -2.89. The van der Waals surface area contributed by atoms with Crippen LogP contribution in [0.1, 0.15) is 16.7 Å². The van der Waals surface area contributed by atoms with Gasteiger partial charge in [0, 0.05) is 10.6 Å². The number of ether oxygens (including phenoxy) is 1. The van der Waals surface area contributed by atoms with E-state index >= 15 is 0 Å². The fraction of sp³-hybridized carbons (Fsp3) is 0.0435. The highest BCUT2D eigenvalue weighted by atomic mass is 79.9. The Morgan fingerprint density at radius 3 is 2.62 bits per heavy atom. The number of benzene rings is 3. The Labute approximate surface area is 181 Å². The summed E-state index contributed by atoms with van der Waals surface area (Å²) in [5.41, 5.74) is 3.56. The first-order valence-electron chi connectivity index (χ1n) is 8.84. The van der Waals surface area contributed by atoms with E-state index in [1.807, 2.05) is 72.8 Å². The van der Waals surface area contributed by atoms with Crippen molar-refractivity contribution in [2.24, 2.45) is 5.16 Å². The number of carbonyl (C=O) groups is 1. The molecular formula is C23H15BrClNO3. The van der Waals surface area contributed by atoms with Gasteiger partial charge >= 0.3 is 5.97 Å². The Bertz CT molecular complexity index is 1130. The predicted molar refractivity (Wildman–Crippen MR) is 117 cm³/mol. The zero-order valence-electron chi connectivity index (χ0n) is 15.1. The molecule has 29 heavy (non-hydrogen) atoms. The number of carbonyl (C=O) groups excluding carboxylic acids is 1. The molecule has 0 radical (unpaired) electrons. The zero-order valence-corrected chi connectivity index (χ0v) is 17.5. The van der Waals surface area contributed by atoms with Crippen LogP contribution in [0.4, 0.5) is 0 Å². The van der Waals surface area contributed by atoms with Crippen molar-refractivity contribution in [1.82, 2.24) is 0 Å². The van der Waals surface area contributed by atoms with Gasteiger partial charge in [-0.1, -0.05) is 65.3 Å². The van der Waals surface area contributed by atoms with Gasteiger partial charge in [0.05, 0.1) is 10.0 Å². The van der Waals surface area contributed by atoms with E-state index in [0.717, 1.165) is 21.2 Å². The monoisotopic (exact) mass is 467 g/mol. The highest BCUT2D eigenvalue weighted by molar-refractivity contribution is 9.10. The maximum atomic E-state index is 12.1. The molecule has 0 saturated heterocycles. The van der Waals surface area contributed by atoms with Crippen LogP contribution < -0.4 is 4.74 Å². The van der Waals surface area contributed by atoms with Crippen LogP contribution in [-0.4, -0.2) is 11.7 Å². The Morgan fingerprint density at radius 1 is 1.03 bits per heavy atom. The minimum atomic E-state index is -0.471. The van der Waals surface area contributed by atoms with Gasteiger partial charge in [-0.2, -0.15) is 0 Å². The van der Waals surface area contributed by atoms with Crippen LogP contribution in [0.5, 0.6) is 5.75 Å². The fourth-order valence-corrected chi connectivity index (χ4v) is 3.62. The average Bonchev–Trinajstić information content (AvgIpc) is 3.08. The van der Waals surface area contributed by atoms with Gasteiger partial charge in [-0.15, -0.1) is 0 Å². The molecule has 0 fully saturated rings. The molecule has 1 heterocycles. The van der Waals surface area contributed by atoms with Gasteiger partial charge in [0.25, 0.3) is 0 Å². The van der Waals surface area contributed by atoms with Crippen LogP contribution in [-0.2, 0) is 16.2 Å². The third kappa shape index (κ3) is 4.58. The van der Waals surface area contributed by atoms with Crippen LogP contribution in [0.2, 0.25) is 5.02 Å². The smallest absolute Gasteiger partial charge is 0.368 e. The molecule has 0 amide bonds. The number of halogens is 2. The first kappa shape index (κ1) is 19.4. The van der Waals surface area contributed by atoms with Crippen molar-refractivity contribution in [3.63, 3.8) is 0 Å². The average molecular weight is 469 g/mol. The Morgan fingerprint density at radius 2 is 1.86 bits per heavy atom. The van der Waals surface area contributed by atoms with E-state index < -0.39 is 5.97 Å². The molecule has 4 rings (SSSR count). The molecule has 0 spiro atoms. The molecule has 3 aromatic rings. The minimum Gasteiger partial charge on any atom is -0.488 e. The molecular weight excluding hydrogens is 454 g/mol. The second-order valence-corrected chi connectivity index (χ2v) is 7.64. The standard InChI is InChI=1S/C23H15BrClNO3/c24-20-13-15(9-10-21(20)28-14-16-5-4-8-18(25)11-16)12-19-22(26-29-23(19)27)17-6-2-1-3-7-17/h1-13H,14H2/b19-12-. The maximum absolute atomic E-state index is 12.1. The maximum Gasteiger partial charge on any atom is 0.368 e. The quantitative estimate of drug-likeness (QED) is 0.339. The topological polar surface area (TPSA) is 47.9 Å². The molecule has 0 saturated carbocycles. The highest BCUT2D eigenvalue weighted by Gasteiger charge is 2.26. The van der Waals surface area contributed by atoms with E-state index in [2.05, 4.69) is 21.1 Å². The number of oxime groups is 1. The first-order chi connectivity index (χ1) is 14.1. The minimum absolute atomic E-state index is 0.400. The van der Waals surface area contributed by atoms with Crippen LogP contribution in [0.3, 0.4) is 0 Å². The lowest BCUT2D eigenvalue weighted by Gasteiger charge is -2.09. The van der Waals surface area contributed by atoms with E-state index in [1.54, 1.807) is 6.08 Å². The van der Waals surface area contributed by atoms with Gasteiger partial charge in [0.15, 0.2) is 0 Å². The van der Waals surface area contributed by atoms with Gasteiger partial charge in [-0.05, 0) is 57.4 Å². The lowest BCUT2D eigenvalue weighted by Crippen LogP contribution is -2.06. The summed E-state index contributed by atoms with van der Waals surface area (Å²) in [5, 5.41) is 4.60. The number of hydrogen-bond acceptors (Lipinski definition) is 4. The molecule has 0 atom stereocenters. The summed E-state index contributed by atoms with van der Waals surface area (Å²) in [4.78, 5) is 17.0. The largest absolute Gasteiger partial charge is 0.488 e. The van der Waals surface area contributed by atoms with Crippen molar-refractivity contribution in [3.05, 3.63) is 105 Å². The van der Waals surface area contributed by atoms with Gasteiger partial charge < -0.3 is 9.57 Å². The van der Waals surface area contributed by atoms with Gasteiger partial charge in [0.1, 0.15) is 18.1 Å². The van der Waals surface area contributed by atoms with Crippen LogP contribution in [0, 0.1) is 0 Å². The van der Waals surface area contributed by atoms with E-state index in [4.69, 9.17) is 21.2 Å². The van der Waals surface area contributed by atoms with Crippen molar-refractivity contribution in [1.29, 1.82) is 0 Å². The van der Waals surface area contributed by atoms with E-state index in [0.29, 0.717) is 28.7 Å². The summed E-state index contributed by atoms with van der Waals surface area (Å²) in [5.74, 6) is 0.222. The summed E-state index contributed by atoms with van der Waals surface area (Å²) in [6.45, 7) is 0.400. The molecule has 0 bridgehead atoms. The van der Waals surface area contributed by atoms with Crippen molar-refractivity contribution >= 4 is 45.3 Å². The van der Waals surface area contributed by atoms with Crippen LogP contribution in [0.25, 0.3) is 6.08 Å². The van der Waals surface area contributed by atoms with E-state index in [9.17, 15) is 4.79 Å². The van der Waals surface area contributed by atoms with Crippen LogP contribution in [0.15, 0.2) is 88.0 Å². The Kier molecular flexibility index (Phi) is 5.79.